The van der Waals surface area contributed by atoms with Gasteiger partial charge in [-0.1, -0.05) is 0 Å². The Hall–Kier alpha value is 0.457. The van der Waals surface area contributed by atoms with Crippen molar-refractivity contribution in [1.82, 2.24) is 0 Å². The maximum atomic E-state index is 9.85. The molecule has 0 aliphatic heterocycles. The molecular formula is C10H30ClN2O6PSi. The van der Waals surface area contributed by atoms with Crippen molar-refractivity contribution in [2.45, 2.75) is 13.1 Å². The van der Waals surface area contributed by atoms with Gasteiger partial charge < -0.3 is 38.6 Å². The lowest BCUT2D eigenvalue weighted by molar-refractivity contribution is -0.858. The third kappa shape index (κ3) is 44.9. The van der Waals surface area contributed by atoms with Gasteiger partial charge in [0.2, 0.25) is 0 Å². The number of nitrogens with one attached hydrogen (secondary N) is 2. The van der Waals surface area contributed by atoms with Crippen molar-refractivity contribution >= 4 is 26.5 Å². The average Bonchev–Trinajstić information content (AvgIpc) is 2.12. The first-order chi connectivity index (χ1) is 9.25. The number of rotatable bonds is 6. The molecule has 0 aliphatic rings. The molecule has 0 bridgehead atoms. The number of phosphoric acid groups is 1. The van der Waals surface area contributed by atoms with Crippen molar-refractivity contribution in [3.8, 4) is 0 Å². The first kappa shape index (κ1) is 26.4. The SMILES string of the molecule is C[NH+](C)CCO.C[NH+](C)CCO.C[Si](C)(Cl)OP(=O)([O-])[O-]. The van der Waals surface area contributed by atoms with Gasteiger partial charge in [-0.25, -0.2) is 0 Å². The van der Waals surface area contributed by atoms with E-state index in [9.17, 15) is 14.4 Å². The summed E-state index contributed by atoms with van der Waals surface area (Å²) in [7, 11) is 0.475. The molecule has 8 nitrogen and oxygen atoms in total. The van der Waals surface area contributed by atoms with Crippen molar-refractivity contribution in [2.75, 3.05) is 54.5 Å². The molecule has 0 spiro atoms. The summed E-state index contributed by atoms with van der Waals surface area (Å²) in [5.74, 6) is 0. The lowest BCUT2D eigenvalue weighted by Gasteiger charge is -2.33. The Bertz CT molecular complexity index is 263. The van der Waals surface area contributed by atoms with Crippen molar-refractivity contribution in [1.29, 1.82) is 0 Å². The molecule has 4 N–H and O–H groups in total. The van der Waals surface area contributed by atoms with E-state index in [0.29, 0.717) is 13.2 Å². The lowest BCUT2D eigenvalue weighted by Crippen LogP contribution is -3.06. The van der Waals surface area contributed by atoms with Gasteiger partial charge in [0.15, 0.2) is 0 Å². The highest BCUT2D eigenvalue weighted by Gasteiger charge is 2.19. The van der Waals surface area contributed by atoms with Crippen LogP contribution in [0.4, 0.5) is 0 Å². The molecule has 0 aromatic heterocycles. The first-order valence-corrected chi connectivity index (χ1v) is 11.8. The molecule has 0 atom stereocenters. The Labute approximate surface area is 133 Å². The van der Waals surface area contributed by atoms with E-state index in [1.807, 2.05) is 28.2 Å². The smallest absolute Gasteiger partial charge is 0.288 e. The number of quaternary nitrogens is 2. The fourth-order valence-corrected chi connectivity index (χ4v) is 3.60. The van der Waals surface area contributed by atoms with Gasteiger partial charge in [-0.05, 0) is 13.1 Å². The number of hydrogen-bond acceptors (Lipinski definition) is 6. The fourth-order valence-electron chi connectivity index (χ4n) is 0.713. The molecule has 0 radical (unpaired) electrons. The zero-order valence-corrected chi connectivity index (χ0v) is 16.3. The second kappa shape index (κ2) is 14.1. The minimum atomic E-state index is -4.86. The van der Waals surface area contributed by atoms with E-state index in [1.54, 1.807) is 0 Å². The quantitative estimate of drug-likeness (QED) is 0.215. The van der Waals surface area contributed by atoms with Gasteiger partial charge in [-0.2, -0.15) is 0 Å². The summed E-state index contributed by atoms with van der Waals surface area (Å²) in [5, 5.41) is 16.4. The van der Waals surface area contributed by atoms with Gasteiger partial charge in [0.1, 0.15) is 13.1 Å². The van der Waals surface area contributed by atoms with Crippen LogP contribution in [0.3, 0.4) is 0 Å². The second-order valence-corrected chi connectivity index (χ2v) is 12.3. The Morgan fingerprint density at radius 3 is 1.33 bits per heavy atom. The largest absolute Gasteiger partial charge is 0.791 e. The van der Waals surface area contributed by atoms with E-state index in [0.717, 1.165) is 13.1 Å². The van der Waals surface area contributed by atoms with Gasteiger partial charge in [0.05, 0.1) is 41.4 Å². The van der Waals surface area contributed by atoms with Crippen LogP contribution in [0.15, 0.2) is 0 Å². The van der Waals surface area contributed by atoms with Crippen LogP contribution in [0.2, 0.25) is 13.1 Å². The Morgan fingerprint density at radius 1 is 1.05 bits per heavy atom. The topological polar surface area (TPSA) is 122 Å². The number of aliphatic hydroxyl groups excluding tert-OH is 2. The second-order valence-electron chi connectivity index (χ2n) is 5.26. The molecule has 0 amide bonds. The van der Waals surface area contributed by atoms with Crippen LogP contribution >= 0.6 is 18.9 Å². The summed E-state index contributed by atoms with van der Waals surface area (Å²) in [5.41, 5.74) is 0. The predicted octanol–water partition coefficient (Wildman–Crippen LogP) is -3.98. The maximum absolute atomic E-state index is 9.85. The summed E-state index contributed by atoms with van der Waals surface area (Å²) in [6, 6.07) is 0. The lowest BCUT2D eigenvalue weighted by atomic mass is 10.6. The third-order valence-electron chi connectivity index (χ3n) is 1.55. The molecule has 0 aliphatic carbocycles. The minimum absolute atomic E-state index is 0.294. The third-order valence-corrected chi connectivity index (χ3v) is 4.80. The standard InChI is InChI=1S/2C4H11NO.C2H8ClO4PSi/c2*1-5(2)3-4-6;1-9(2,3)7-8(4,5)6/h2*6H,3-4H2,1-2H3;1-2H3,(H2,4,5,6). The zero-order valence-electron chi connectivity index (χ0n) is 13.7. The van der Waals surface area contributed by atoms with Crippen molar-refractivity contribution in [3.63, 3.8) is 0 Å². The molecule has 11 heteroatoms. The number of halogens is 1. The summed E-state index contributed by atoms with van der Waals surface area (Å²) in [4.78, 5) is 22.3. The first-order valence-electron chi connectivity index (χ1n) is 6.46. The van der Waals surface area contributed by atoms with Crippen LogP contribution in [0, 0.1) is 0 Å². The maximum Gasteiger partial charge on any atom is 0.288 e. The highest BCUT2D eigenvalue weighted by molar-refractivity contribution is 7.47. The highest BCUT2D eigenvalue weighted by Crippen LogP contribution is 2.31. The van der Waals surface area contributed by atoms with Crippen molar-refractivity contribution < 1.29 is 38.6 Å². The molecule has 0 heterocycles. The molecule has 0 rings (SSSR count). The van der Waals surface area contributed by atoms with Crippen LogP contribution in [-0.2, 0) is 8.78 Å². The predicted molar refractivity (Wildman–Crippen MR) is 81.6 cm³/mol. The van der Waals surface area contributed by atoms with E-state index in [-0.39, 0.29) is 0 Å². The normalized spacial score (nSPS) is 11.7. The number of aliphatic hydroxyl groups is 2. The Balaban J connectivity index is -0.000000240. The number of hydrogen-bond donors (Lipinski definition) is 4. The van der Waals surface area contributed by atoms with E-state index in [4.69, 9.17) is 21.3 Å². The molecule has 132 valence electrons. The van der Waals surface area contributed by atoms with Crippen LogP contribution < -0.4 is 19.6 Å². The Morgan fingerprint density at radius 2 is 1.33 bits per heavy atom. The highest BCUT2D eigenvalue weighted by atomic mass is 35.6. The van der Waals surface area contributed by atoms with Gasteiger partial charge in [-0.3, -0.25) is 0 Å². The molecule has 0 saturated heterocycles. The molecule has 0 aromatic rings. The van der Waals surface area contributed by atoms with Gasteiger partial charge >= 0.3 is 0 Å². The van der Waals surface area contributed by atoms with Crippen LogP contribution in [0.1, 0.15) is 0 Å². The van der Waals surface area contributed by atoms with E-state index >= 15 is 0 Å². The van der Waals surface area contributed by atoms with Crippen molar-refractivity contribution in [3.05, 3.63) is 0 Å². The molecule has 21 heavy (non-hydrogen) atoms. The summed E-state index contributed by atoms with van der Waals surface area (Å²) < 4.78 is 13.8. The van der Waals surface area contributed by atoms with E-state index < -0.39 is 15.4 Å². The van der Waals surface area contributed by atoms with E-state index in [1.165, 1.54) is 22.9 Å². The minimum Gasteiger partial charge on any atom is -0.791 e. The number of likely N-dealkylation sites (N-methyl/N-ethyl adjacent to an activating group) is 2. The van der Waals surface area contributed by atoms with Gasteiger partial charge in [-0.15, -0.1) is 11.1 Å². The van der Waals surface area contributed by atoms with Crippen LogP contribution in [-0.4, -0.2) is 72.3 Å². The van der Waals surface area contributed by atoms with Crippen molar-refractivity contribution in [2.24, 2.45) is 0 Å². The molecule has 0 saturated carbocycles. The summed E-state index contributed by atoms with van der Waals surface area (Å²) >= 11 is 5.36. The van der Waals surface area contributed by atoms with Gasteiger partial charge in [0, 0.05) is 7.82 Å². The summed E-state index contributed by atoms with van der Waals surface area (Å²) in [6.07, 6.45) is 0. The average molecular weight is 369 g/mol. The monoisotopic (exact) mass is 368 g/mol. The molecular weight excluding hydrogens is 339 g/mol. The Kier molecular flexibility index (Phi) is 17.7. The molecule has 0 fully saturated rings. The molecule has 0 unspecified atom stereocenters. The van der Waals surface area contributed by atoms with E-state index in [2.05, 4.69) is 4.21 Å². The van der Waals surface area contributed by atoms with Crippen LogP contribution in [0.5, 0.6) is 0 Å². The fraction of sp³-hybridized carbons (Fsp3) is 1.00. The summed E-state index contributed by atoms with van der Waals surface area (Å²) in [6.45, 7) is 5.08. The van der Waals surface area contributed by atoms with Crippen LogP contribution in [0.25, 0.3) is 0 Å². The molecule has 0 aromatic carbocycles. The van der Waals surface area contributed by atoms with Gasteiger partial charge in [0.25, 0.3) is 7.63 Å². The zero-order chi connectivity index (χ0) is 17.7.